The lowest BCUT2D eigenvalue weighted by Crippen LogP contribution is -2.41. The second kappa shape index (κ2) is 9.92. The molecule has 0 radical (unpaired) electrons. The SMILES string of the molecule is CCOC(=O)c1c(C)c(C(=O)CN(CC2CCCO2)C(=O)c2ccccc2)c(C)n1C. The number of ether oxygens (including phenoxy) is 2. The molecule has 0 spiro atoms. The lowest BCUT2D eigenvalue weighted by atomic mass is 10.0. The van der Waals surface area contributed by atoms with Gasteiger partial charge in [-0.3, -0.25) is 9.59 Å². The van der Waals surface area contributed by atoms with Crippen LogP contribution in [0, 0.1) is 13.8 Å². The molecule has 0 aliphatic carbocycles. The summed E-state index contributed by atoms with van der Waals surface area (Å²) in [4.78, 5) is 40.5. The number of hydrogen-bond donors (Lipinski definition) is 0. The van der Waals surface area contributed by atoms with E-state index in [9.17, 15) is 14.4 Å². The van der Waals surface area contributed by atoms with Gasteiger partial charge in [0.1, 0.15) is 5.69 Å². The van der Waals surface area contributed by atoms with E-state index in [1.54, 1.807) is 61.6 Å². The van der Waals surface area contributed by atoms with E-state index in [0.29, 0.717) is 41.2 Å². The zero-order chi connectivity index (χ0) is 22.5. The number of ketones is 1. The summed E-state index contributed by atoms with van der Waals surface area (Å²) in [5, 5.41) is 0. The fourth-order valence-corrected chi connectivity index (χ4v) is 4.15. The monoisotopic (exact) mass is 426 g/mol. The van der Waals surface area contributed by atoms with Crippen LogP contribution in [0.15, 0.2) is 30.3 Å². The molecule has 1 atom stereocenters. The van der Waals surface area contributed by atoms with E-state index in [2.05, 4.69) is 0 Å². The van der Waals surface area contributed by atoms with E-state index in [4.69, 9.17) is 9.47 Å². The Balaban J connectivity index is 1.89. The summed E-state index contributed by atoms with van der Waals surface area (Å²) in [6.45, 7) is 6.49. The minimum Gasteiger partial charge on any atom is -0.461 e. The number of amides is 1. The van der Waals surface area contributed by atoms with Crippen LogP contribution in [0.25, 0.3) is 0 Å². The molecule has 1 saturated heterocycles. The third-order valence-electron chi connectivity index (χ3n) is 5.77. The molecule has 1 aromatic heterocycles. The standard InChI is InChI=1S/C24H30N2O5/c1-5-30-24(29)22-16(2)21(17(3)25(22)4)20(27)15-26(14-19-12-9-13-31-19)23(28)18-10-7-6-8-11-18/h6-8,10-11,19H,5,9,12-15H2,1-4H3. The summed E-state index contributed by atoms with van der Waals surface area (Å²) < 4.78 is 12.6. The van der Waals surface area contributed by atoms with E-state index in [0.717, 1.165) is 12.8 Å². The Kier molecular flexibility index (Phi) is 7.28. The average Bonchev–Trinajstić information content (AvgIpc) is 3.34. The molecule has 2 aromatic rings. The third kappa shape index (κ3) is 4.88. The first-order valence-electron chi connectivity index (χ1n) is 10.7. The molecule has 1 aliphatic rings. The van der Waals surface area contributed by atoms with Crippen molar-refractivity contribution in [2.24, 2.45) is 7.05 Å². The van der Waals surface area contributed by atoms with Crippen LogP contribution in [-0.2, 0) is 16.5 Å². The lowest BCUT2D eigenvalue weighted by Gasteiger charge is -2.25. The smallest absolute Gasteiger partial charge is 0.355 e. The second-order valence-electron chi connectivity index (χ2n) is 7.82. The van der Waals surface area contributed by atoms with Crippen molar-refractivity contribution >= 4 is 17.7 Å². The minimum absolute atomic E-state index is 0.0754. The third-order valence-corrected chi connectivity index (χ3v) is 5.77. The van der Waals surface area contributed by atoms with E-state index in [1.165, 1.54) is 0 Å². The maximum atomic E-state index is 13.4. The van der Waals surface area contributed by atoms with Crippen molar-refractivity contribution in [1.82, 2.24) is 9.47 Å². The zero-order valence-corrected chi connectivity index (χ0v) is 18.6. The number of benzene rings is 1. The first-order chi connectivity index (χ1) is 14.8. The molecule has 2 heterocycles. The Hall–Kier alpha value is -2.93. The Morgan fingerprint density at radius 3 is 2.52 bits per heavy atom. The van der Waals surface area contributed by atoms with Crippen molar-refractivity contribution in [3.8, 4) is 0 Å². The van der Waals surface area contributed by atoms with Crippen LogP contribution < -0.4 is 0 Å². The van der Waals surface area contributed by atoms with Gasteiger partial charge in [-0.05, 0) is 51.3 Å². The number of Topliss-reactive ketones (excluding diaryl/α,β-unsaturated/α-hetero) is 1. The Morgan fingerprint density at radius 2 is 1.90 bits per heavy atom. The first kappa shape index (κ1) is 22.7. The highest BCUT2D eigenvalue weighted by atomic mass is 16.5. The molecule has 3 rings (SSSR count). The van der Waals surface area contributed by atoms with Gasteiger partial charge in [-0.2, -0.15) is 0 Å². The van der Waals surface area contributed by atoms with Gasteiger partial charge >= 0.3 is 5.97 Å². The van der Waals surface area contributed by atoms with Gasteiger partial charge in [0.05, 0.1) is 19.3 Å². The summed E-state index contributed by atoms with van der Waals surface area (Å²) in [7, 11) is 1.74. The molecule has 0 saturated carbocycles. The normalized spacial score (nSPS) is 15.7. The van der Waals surface area contributed by atoms with E-state index in [1.807, 2.05) is 6.07 Å². The lowest BCUT2D eigenvalue weighted by molar-refractivity contribution is 0.0505. The first-order valence-corrected chi connectivity index (χ1v) is 10.7. The molecule has 7 nitrogen and oxygen atoms in total. The summed E-state index contributed by atoms with van der Waals surface area (Å²) in [5.74, 6) is -0.869. The fraction of sp³-hybridized carbons (Fsp3) is 0.458. The van der Waals surface area contributed by atoms with Crippen LogP contribution in [0.1, 0.15) is 62.2 Å². The highest BCUT2D eigenvalue weighted by Crippen LogP contribution is 2.24. The van der Waals surface area contributed by atoms with Crippen LogP contribution in [0.4, 0.5) is 0 Å². The van der Waals surface area contributed by atoms with Crippen molar-refractivity contribution in [2.45, 2.75) is 39.7 Å². The topological polar surface area (TPSA) is 77.8 Å². The highest BCUT2D eigenvalue weighted by molar-refractivity contribution is 6.06. The molecular formula is C24H30N2O5. The number of nitrogens with zero attached hydrogens (tertiary/aromatic N) is 2. The summed E-state index contributed by atoms with van der Waals surface area (Å²) in [6, 6.07) is 8.94. The van der Waals surface area contributed by atoms with Gasteiger partial charge in [-0.25, -0.2) is 4.79 Å². The van der Waals surface area contributed by atoms with Crippen LogP contribution in [0.5, 0.6) is 0 Å². The maximum absolute atomic E-state index is 13.4. The summed E-state index contributed by atoms with van der Waals surface area (Å²) >= 11 is 0. The van der Waals surface area contributed by atoms with Crippen molar-refractivity contribution in [2.75, 3.05) is 26.3 Å². The molecule has 31 heavy (non-hydrogen) atoms. The minimum atomic E-state index is -0.457. The molecular weight excluding hydrogens is 396 g/mol. The molecule has 7 heteroatoms. The predicted octanol–water partition coefficient (Wildman–Crippen LogP) is 3.32. The number of hydrogen-bond acceptors (Lipinski definition) is 5. The van der Waals surface area contributed by atoms with Crippen LogP contribution in [-0.4, -0.2) is 59.5 Å². The van der Waals surface area contributed by atoms with E-state index >= 15 is 0 Å². The molecule has 0 N–H and O–H groups in total. The molecule has 1 unspecified atom stereocenters. The highest BCUT2D eigenvalue weighted by Gasteiger charge is 2.29. The quantitative estimate of drug-likeness (QED) is 0.478. The Bertz CT molecular complexity index is 958. The molecule has 1 aromatic carbocycles. The number of aromatic nitrogens is 1. The van der Waals surface area contributed by atoms with Crippen LogP contribution >= 0.6 is 0 Å². The zero-order valence-electron chi connectivity index (χ0n) is 18.6. The van der Waals surface area contributed by atoms with Crippen molar-refractivity contribution in [3.63, 3.8) is 0 Å². The van der Waals surface area contributed by atoms with Gasteiger partial charge in [0.2, 0.25) is 0 Å². The number of carbonyl (C=O) groups is 3. The number of rotatable bonds is 8. The van der Waals surface area contributed by atoms with Crippen molar-refractivity contribution in [1.29, 1.82) is 0 Å². The molecule has 1 amide bonds. The van der Waals surface area contributed by atoms with E-state index < -0.39 is 5.97 Å². The van der Waals surface area contributed by atoms with Gasteiger partial charge in [0.15, 0.2) is 5.78 Å². The van der Waals surface area contributed by atoms with Gasteiger partial charge in [-0.15, -0.1) is 0 Å². The van der Waals surface area contributed by atoms with Gasteiger partial charge in [0, 0.05) is 37.0 Å². The second-order valence-corrected chi connectivity index (χ2v) is 7.82. The van der Waals surface area contributed by atoms with Gasteiger partial charge in [0.25, 0.3) is 5.91 Å². The molecule has 1 fully saturated rings. The van der Waals surface area contributed by atoms with Crippen LogP contribution in [0.2, 0.25) is 0 Å². The van der Waals surface area contributed by atoms with Crippen molar-refractivity contribution < 1.29 is 23.9 Å². The predicted molar refractivity (Wildman–Crippen MR) is 116 cm³/mol. The maximum Gasteiger partial charge on any atom is 0.355 e. The number of esters is 1. The Labute approximate surface area is 182 Å². The number of carbonyl (C=O) groups excluding carboxylic acids is 3. The molecule has 166 valence electrons. The largest absolute Gasteiger partial charge is 0.461 e. The van der Waals surface area contributed by atoms with E-state index in [-0.39, 0.29) is 30.9 Å². The van der Waals surface area contributed by atoms with Crippen molar-refractivity contribution in [3.05, 3.63) is 58.4 Å². The van der Waals surface area contributed by atoms with Crippen LogP contribution in [0.3, 0.4) is 0 Å². The Morgan fingerprint density at radius 1 is 1.19 bits per heavy atom. The fourth-order valence-electron chi connectivity index (χ4n) is 4.15. The summed E-state index contributed by atoms with van der Waals surface area (Å²) in [5.41, 5.74) is 2.61. The van der Waals surface area contributed by atoms with Gasteiger partial charge in [-0.1, -0.05) is 18.2 Å². The molecule has 1 aliphatic heterocycles. The molecule has 0 bridgehead atoms. The summed E-state index contributed by atoms with van der Waals surface area (Å²) in [6.07, 6.45) is 1.74. The average molecular weight is 427 g/mol. The van der Waals surface area contributed by atoms with Gasteiger partial charge < -0.3 is 18.9 Å².